The first kappa shape index (κ1) is 15.1. The molecule has 0 N–H and O–H groups in total. The molecule has 1 aliphatic heterocycles. The highest BCUT2D eigenvalue weighted by Crippen LogP contribution is 2.27. The van der Waals surface area contributed by atoms with Crippen molar-refractivity contribution in [3.8, 4) is 11.3 Å². The summed E-state index contributed by atoms with van der Waals surface area (Å²) in [4.78, 5) is 18.4. The first-order valence-electron chi connectivity index (χ1n) is 8.19. The van der Waals surface area contributed by atoms with E-state index in [0.29, 0.717) is 6.42 Å². The van der Waals surface area contributed by atoms with Crippen LogP contribution in [0.4, 0.5) is 5.69 Å². The van der Waals surface area contributed by atoms with E-state index in [9.17, 15) is 4.79 Å². The molecular formula is C20H18N2OS. The van der Waals surface area contributed by atoms with Crippen LogP contribution in [0.3, 0.4) is 0 Å². The summed E-state index contributed by atoms with van der Waals surface area (Å²) in [5.74, 6) is 0.224. The number of amides is 1. The molecule has 1 amide bonds. The Morgan fingerprint density at radius 3 is 2.54 bits per heavy atom. The minimum absolute atomic E-state index is 0.224. The van der Waals surface area contributed by atoms with Gasteiger partial charge in [-0.3, -0.25) is 4.79 Å². The predicted molar refractivity (Wildman–Crippen MR) is 98.4 cm³/mol. The monoisotopic (exact) mass is 334 g/mol. The summed E-state index contributed by atoms with van der Waals surface area (Å²) in [7, 11) is 0. The number of aromatic nitrogens is 1. The normalized spacial score (nSPS) is 14.3. The van der Waals surface area contributed by atoms with Gasteiger partial charge in [-0.2, -0.15) is 0 Å². The molecule has 0 radical (unpaired) electrons. The van der Waals surface area contributed by atoms with Crippen molar-refractivity contribution in [1.82, 2.24) is 4.98 Å². The van der Waals surface area contributed by atoms with Gasteiger partial charge in [-0.1, -0.05) is 42.5 Å². The Morgan fingerprint density at radius 1 is 1.04 bits per heavy atom. The molecule has 0 saturated carbocycles. The predicted octanol–water partition coefficient (Wildman–Crippen LogP) is 4.53. The van der Waals surface area contributed by atoms with E-state index in [1.165, 1.54) is 5.56 Å². The highest BCUT2D eigenvalue weighted by Gasteiger charge is 2.21. The molecule has 0 aliphatic carbocycles. The van der Waals surface area contributed by atoms with Gasteiger partial charge < -0.3 is 4.90 Å². The lowest BCUT2D eigenvalue weighted by molar-refractivity contribution is -0.117. The zero-order valence-corrected chi connectivity index (χ0v) is 14.1. The minimum Gasteiger partial charge on any atom is -0.312 e. The molecule has 2 heterocycles. The Balaban J connectivity index is 1.51. The van der Waals surface area contributed by atoms with Crippen LogP contribution in [0, 0.1) is 0 Å². The summed E-state index contributed by atoms with van der Waals surface area (Å²) in [5, 5.41) is 3.23. The van der Waals surface area contributed by atoms with E-state index < -0.39 is 0 Å². The van der Waals surface area contributed by atoms with Crippen LogP contribution in [0.15, 0.2) is 60.0 Å². The van der Waals surface area contributed by atoms with Gasteiger partial charge in [-0.25, -0.2) is 4.98 Å². The van der Waals surface area contributed by atoms with Crippen molar-refractivity contribution in [2.24, 2.45) is 0 Å². The van der Waals surface area contributed by atoms with Crippen molar-refractivity contribution in [2.45, 2.75) is 19.3 Å². The molecular weight excluding hydrogens is 316 g/mol. The summed E-state index contributed by atoms with van der Waals surface area (Å²) in [6, 6.07) is 18.6. The number of hydrogen-bond donors (Lipinski definition) is 0. The molecule has 4 heteroatoms. The van der Waals surface area contributed by atoms with Gasteiger partial charge in [0, 0.05) is 36.0 Å². The van der Waals surface area contributed by atoms with Crippen LogP contribution < -0.4 is 4.90 Å². The zero-order valence-electron chi connectivity index (χ0n) is 13.3. The summed E-state index contributed by atoms with van der Waals surface area (Å²) in [6.45, 7) is 0.829. The SMILES string of the molecule is O=C1CCCN1c1ccc(-c2csc(Cc3ccccc3)n2)cc1. The molecule has 1 aromatic heterocycles. The van der Waals surface area contributed by atoms with Gasteiger partial charge in [0.15, 0.2) is 0 Å². The molecule has 1 aliphatic rings. The van der Waals surface area contributed by atoms with E-state index in [1.807, 2.05) is 23.1 Å². The third kappa shape index (κ3) is 3.10. The van der Waals surface area contributed by atoms with Crippen LogP contribution in [0.1, 0.15) is 23.4 Å². The van der Waals surface area contributed by atoms with Crippen molar-refractivity contribution in [3.63, 3.8) is 0 Å². The second kappa shape index (κ2) is 6.57. The summed E-state index contributed by atoms with van der Waals surface area (Å²) >= 11 is 1.69. The molecule has 120 valence electrons. The topological polar surface area (TPSA) is 33.2 Å². The molecule has 24 heavy (non-hydrogen) atoms. The highest BCUT2D eigenvalue weighted by molar-refractivity contribution is 7.10. The lowest BCUT2D eigenvalue weighted by atomic mass is 10.1. The van der Waals surface area contributed by atoms with Crippen molar-refractivity contribution in [2.75, 3.05) is 11.4 Å². The van der Waals surface area contributed by atoms with E-state index in [4.69, 9.17) is 4.98 Å². The first-order chi connectivity index (χ1) is 11.8. The van der Waals surface area contributed by atoms with E-state index in [0.717, 1.165) is 41.3 Å². The van der Waals surface area contributed by atoms with Crippen LogP contribution in [0.25, 0.3) is 11.3 Å². The largest absolute Gasteiger partial charge is 0.312 e. The molecule has 1 fully saturated rings. The fraction of sp³-hybridized carbons (Fsp3) is 0.200. The molecule has 3 nitrogen and oxygen atoms in total. The Morgan fingerprint density at radius 2 is 1.83 bits per heavy atom. The van der Waals surface area contributed by atoms with Crippen LogP contribution in [-0.4, -0.2) is 17.4 Å². The number of benzene rings is 2. The lowest BCUT2D eigenvalue weighted by Gasteiger charge is -2.15. The van der Waals surface area contributed by atoms with E-state index >= 15 is 0 Å². The average Bonchev–Trinajstić information content (AvgIpc) is 3.25. The van der Waals surface area contributed by atoms with Crippen molar-refractivity contribution in [1.29, 1.82) is 0 Å². The van der Waals surface area contributed by atoms with Gasteiger partial charge in [0.05, 0.1) is 10.7 Å². The average molecular weight is 334 g/mol. The molecule has 0 unspecified atom stereocenters. The third-order valence-corrected chi connectivity index (χ3v) is 5.15. The van der Waals surface area contributed by atoms with Gasteiger partial charge in [0.1, 0.15) is 0 Å². The summed E-state index contributed by atoms with van der Waals surface area (Å²) in [6.07, 6.45) is 2.48. The standard InChI is InChI=1S/C20H18N2OS/c23-20-7-4-12-22(20)17-10-8-16(9-11-17)18-14-24-19(21-18)13-15-5-2-1-3-6-15/h1-3,5-6,8-11,14H,4,7,12-13H2. The van der Waals surface area contributed by atoms with E-state index in [-0.39, 0.29) is 5.91 Å². The van der Waals surface area contributed by atoms with Gasteiger partial charge in [0.2, 0.25) is 5.91 Å². The number of carbonyl (C=O) groups excluding carboxylic acids is 1. The van der Waals surface area contributed by atoms with Gasteiger partial charge >= 0.3 is 0 Å². The fourth-order valence-electron chi connectivity index (χ4n) is 3.03. The Labute approximate surface area is 145 Å². The summed E-state index contributed by atoms with van der Waals surface area (Å²) < 4.78 is 0. The number of thiazole rings is 1. The second-order valence-electron chi connectivity index (χ2n) is 5.98. The van der Waals surface area contributed by atoms with E-state index in [1.54, 1.807) is 11.3 Å². The maximum atomic E-state index is 11.8. The van der Waals surface area contributed by atoms with Gasteiger partial charge in [-0.15, -0.1) is 11.3 Å². The molecule has 0 atom stereocenters. The van der Waals surface area contributed by atoms with Crippen LogP contribution in [0.2, 0.25) is 0 Å². The number of hydrogen-bond acceptors (Lipinski definition) is 3. The maximum absolute atomic E-state index is 11.8. The van der Waals surface area contributed by atoms with Gasteiger partial charge in [0.25, 0.3) is 0 Å². The number of rotatable bonds is 4. The maximum Gasteiger partial charge on any atom is 0.227 e. The number of anilines is 1. The Kier molecular flexibility index (Phi) is 4.13. The van der Waals surface area contributed by atoms with Crippen molar-refractivity contribution < 1.29 is 4.79 Å². The summed E-state index contributed by atoms with van der Waals surface area (Å²) in [5.41, 5.74) is 4.37. The molecule has 3 aromatic rings. The van der Waals surface area contributed by atoms with Crippen LogP contribution in [-0.2, 0) is 11.2 Å². The van der Waals surface area contributed by atoms with Crippen LogP contribution in [0.5, 0.6) is 0 Å². The van der Waals surface area contributed by atoms with Crippen LogP contribution >= 0.6 is 11.3 Å². The number of nitrogens with zero attached hydrogens (tertiary/aromatic N) is 2. The molecule has 4 rings (SSSR count). The van der Waals surface area contributed by atoms with Crippen molar-refractivity contribution >= 4 is 22.9 Å². The Hall–Kier alpha value is -2.46. The smallest absolute Gasteiger partial charge is 0.227 e. The van der Waals surface area contributed by atoms with E-state index in [2.05, 4.69) is 41.8 Å². The minimum atomic E-state index is 0.224. The fourth-order valence-corrected chi connectivity index (χ4v) is 3.87. The molecule has 1 saturated heterocycles. The second-order valence-corrected chi connectivity index (χ2v) is 6.93. The third-order valence-electron chi connectivity index (χ3n) is 4.30. The molecule has 2 aromatic carbocycles. The number of carbonyl (C=O) groups is 1. The first-order valence-corrected chi connectivity index (χ1v) is 9.07. The quantitative estimate of drug-likeness (QED) is 0.702. The zero-order chi connectivity index (χ0) is 16.4. The lowest BCUT2D eigenvalue weighted by Crippen LogP contribution is -2.23. The van der Waals surface area contributed by atoms with Gasteiger partial charge in [-0.05, 0) is 24.1 Å². The Bertz CT molecular complexity index is 840. The molecule has 0 bridgehead atoms. The van der Waals surface area contributed by atoms with Crippen molar-refractivity contribution in [3.05, 3.63) is 70.5 Å². The molecule has 0 spiro atoms. The highest BCUT2D eigenvalue weighted by atomic mass is 32.1.